The Morgan fingerprint density at radius 1 is 1.04 bits per heavy atom. The zero-order chi connectivity index (χ0) is 17.5. The minimum atomic E-state index is -0.406. The lowest BCUT2D eigenvalue weighted by Crippen LogP contribution is -2.41. The van der Waals surface area contributed by atoms with Gasteiger partial charge >= 0.3 is 0 Å². The van der Waals surface area contributed by atoms with E-state index in [1.165, 1.54) is 11.3 Å². The summed E-state index contributed by atoms with van der Waals surface area (Å²) in [4.78, 5) is 38.1. The Labute approximate surface area is 144 Å². The summed E-state index contributed by atoms with van der Waals surface area (Å²) in [7, 11) is 3.76. The highest BCUT2D eigenvalue weighted by molar-refractivity contribution is 7.12. The van der Waals surface area contributed by atoms with E-state index in [0.717, 1.165) is 5.69 Å². The molecule has 1 aromatic heterocycles. The minimum Gasteiger partial charge on any atom is -0.378 e. The van der Waals surface area contributed by atoms with Crippen molar-refractivity contribution in [3.8, 4) is 0 Å². The van der Waals surface area contributed by atoms with Crippen molar-refractivity contribution in [1.82, 2.24) is 10.9 Å². The van der Waals surface area contributed by atoms with E-state index in [2.05, 4.69) is 10.9 Å². The number of hydrogen-bond acceptors (Lipinski definition) is 5. The second kappa shape index (κ2) is 8.26. The minimum absolute atomic E-state index is 0.0226. The molecule has 2 rings (SSSR count). The average Bonchev–Trinajstić information content (AvgIpc) is 3.12. The number of nitrogens with one attached hydrogen (secondary N) is 2. The highest BCUT2D eigenvalue weighted by Gasteiger charge is 2.12. The molecule has 0 spiro atoms. The smallest absolute Gasteiger partial charge is 0.269 e. The first-order valence-electron chi connectivity index (χ1n) is 7.40. The molecule has 0 saturated heterocycles. The number of ketones is 1. The highest BCUT2D eigenvalue weighted by Crippen LogP contribution is 2.13. The van der Waals surface area contributed by atoms with Crippen LogP contribution in [-0.4, -0.2) is 31.7 Å². The second-order valence-corrected chi connectivity index (χ2v) is 6.30. The van der Waals surface area contributed by atoms with Crippen molar-refractivity contribution in [2.24, 2.45) is 0 Å². The van der Waals surface area contributed by atoms with Gasteiger partial charge in [-0.15, -0.1) is 11.3 Å². The molecule has 0 unspecified atom stereocenters. The summed E-state index contributed by atoms with van der Waals surface area (Å²) in [6.07, 6.45) is 0.132. The zero-order valence-electron chi connectivity index (χ0n) is 13.5. The molecule has 126 valence electrons. The van der Waals surface area contributed by atoms with Gasteiger partial charge in [-0.2, -0.15) is 0 Å². The van der Waals surface area contributed by atoms with Crippen LogP contribution >= 0.6 is 11.3 Å². The van der Waals surface area contributed by atoms with E-state index >= 15 is 0 Å². The predicted molar refractivity (Wildman–Crippen MR) is 94.3 cm³/mol. The molecule has 2 amide bonds. The van der Waals surface area contributed by atoms with E-state index in [9.17, 15) is 14.4 Å². The van der Waals surface area contributed by atoms with Gasteiger partial charge in [-0.25, -0.2) is 0 Å². The first-order chi connectivity index (χ1) is 11.5. The van der Waals surface area contributed by atoms with Gasteiger partial charge in [0, 0.05) is 38.2 Å². The first-order valence-corrected chi connectivity index (χ1v) is 8.28. The molecule has 0 aliphatic heterocycles. The molecule has 6 nitrogen and oxygen atoms in total. The maximum Gasteiger partial charge on any atom is 0.269 e. The number of nitrogens with zero attached hydrogens (tertiary/aromatic N) is 1. The fraction of sp³-hybridized carbons (Fsp3) is 0.235. The zero-order valence-corrected chi connectivity index (χ0v) is 14.4. The molecule has 0 aliphatic rings. The van der Waals surface area contributed by atoms with Crippen molar-refractivity contribution in [1.29, 1.82) is 0 Å². The topological polar surface area (TPSA) is 78.5 Å². The van der Waals surface area contributed by atoms with Crippen LogP contribution in [0.15, 0.2) is 41.8 Å². The summed E-state index contributed by atoms with van der Waals surface area (Å²) in [5.41, 5.74) is 6.01. The number of hydrogen-bond donors (Lipinski definition) is 2. The third kappa shape index (κ3) is 4.92. The van der Waals surface area contributed by atoms with E-state index < -0.39 is 11.8 Å². The van der Waals surface area contributed by atoms with Crippen molar-refractivity contribution in [2.75, 3.05) is 19.0 Å². The molecule has 0 radical (unpaired) electrons. The summed E-state index contributed by atoms with van der Waals surface area (Å²) < 4.78 is 0. The number of thiophene rings is 1. The first kappa shape index (κ1) is 17.7. The van der Waals surface area contributed by atoms with Gasteiger partial charge in [-0.05, 0) is 29.6 Å². The Balaban J connectivity index is 1.80. The summed E-state index contributed by atoms with van der Waals surface area (Å²) >= 11 is 1.35. The van der Waals surface area contributed by atoms with Gasteiger partial charge in [0.25, 0.3) is 5.91 Å². The number of anilines is 1. The third-order valence-corrected chi connectivity index (χ3v) is 4.23. The standard InChI is InChI=1S/C17H19N3O3S/c1-20(2)13-6-3-5-12(11-13)17(23)19-18-16(22)9-8-14(21)15-7-4-10-24-15/h3-7,10-11H,8-9H2,1-2H3,(H,18,22)(H,19,23). The molecule has 0 atom stereocenters. The molecular formula is C17H19N3O3S. The lowest BCUT2D eigenvalue weighted by Gasteiger charge is -2.13. The molecule has 0 bridgehead atoms. The van der Waals surface area contributed by atoms with Crippen molar-refractivity contribution in [2.45, 2.75) is 12.8 Å². The normalized spacial score (nSPS) is 10.1. The molecule has 7 heteroatoms. The lowest BCUT2D eigenvalue weighted by atomic mass is 10.2. The largest absolute Gasteiger partial charge is 0.378 e. The molecule has 2 N–H and O–H groups in total. The molecule has 0 aliphatic carbocycles. The van der Waals surface area contributed by atoms with Crippen LogP contribution < -0.4 is 15.8 Å². The van der Waals surface area contributed by atoms with E-state index in [0.29, 0.717) is 10.4 Å². The van der Waals surface area contributed by atoms with E-state index in [1.807, 2.05) is 30.4 Å². The average molecular weight is 345 g/mol. The van der Waals surface area contributed by atoms with E-state index in [4.69, 9.17) is 0 Å². The van der Waals surface area contributed by atoms with Crippen molar-refractivity contribution >= 4 is 34.6 Å². The number of amides is 2. The van der Waals surface area contributed by atoms with Gasteiger partial charge in [-0.3, -0.25) is 25.2 Å². The van der Waals surface area contributed by atoms with Gasteiger partial charge < -0.3 is 4.90 Å². The number of rotatable bonds is 6. The van der Waals surface area contributed by atoms with Crippen molar-refractivity contribution < 1.29 is 14.4 Å². The van der Waals surface area contributed by atoms with E-state index in [-0.39, 0.29) is 18.6 Å². The molecular weight excluding hydrogens is 326 g/mol. The second-order valence-electron chi connectivity index (χ2n) is 5.35. The Bertz CT molecular complexity index is 726. The maximum absolute atomic E-state index is 12.0. The SMILES string of the molecule is CN(C)c1cccc(C(=O)NNC(=O)CCC(=O)c2cccs2)c1. The van der Waals surface area contributed by atoms with Crippen molar-refractivity contribution in [3.63, 3.8) is 0 Å². The Morgan fingerprint density at radius 2 is 1.83 bits per heavy atom. The van der Waals surface area contributed by atoms with Crippen LogP contribution in [0.3, 0.4) is 0 Å². The summed E-state index contributed by atoms with van der Waals surface area (Å²) in [6, 6.07) is 10.6. The molecule has 1 heterocycles. The number of carbonyl (C=O) groups is 3. The van der Waals surface area contributed by atoms with Crippen LogP contribution in [0.1, 0.15) is 32.9 Å². The Morgan fingerprint density at radius 3 is 2.50 bits per heavy atom. The highest BCUT2D eigenvalue weighted by atomic mass is 32.1. The van der Waals surface area contributed by atoms with Crippen LogP contribution in [0.2, 0.25) is 0 Å². The monoisotopic (exact) mass is 345 g/mol. The maximum atomic E-state index is 12.0. The summed E-state index contributed by atoms with van der Waals surface area (Å²) in [5.74, 6) is -0.890. The van der Waals surface area contributed by atoms with Crippen molar-refractivity contribution in [3.05, 3.63) is 52.2 Å². The number of hydrazine groups is 1. The van der Waals surface area contributed by atoms with Gasteiger partial charge in [-0.1, -0.05) is 12.1 Å². The van der Waals surface area contributed by atoms with Gasteiger partial charge in [0.2, 0.25) is 5.91 Å². The van der Waals surface area contributed by atoms with Gasteiger partial charge in [0.05, 0.1) is 4.88 Å². The third-order valence-electron chi connectivity index (χ3n) is 3.32. The molecule has 2 aromatic rings. The Hall–Kier alpha value is -2.67. The van der Waals surface area contributed by atoms with E-state index in [1.54, 1.807) is 30.3 Å². The molecule has 1 aromatic carbocycles. The van der Waals surface area contributed by atoms with Gasteiger partial charge in [0.15, 0.2) is 5.78 Å². The fourth-order valence-electron chi connectivity index (χ4n) is 1.97. The van der Waals surface area contributed by atoms with Crippen LogP contribution in [-0.2, 0) is 4.79 Å². The number of carbonyl (C=O) groups excluding carboxylic acids is 3. The van der Waals surface area contributed by atoms with Crippen LogP contribution in [0.4, 0.5) is 5.69 Å². The van der Waals surface area contributed by atoms with Crippen LogP contribution in [0, 0.1) is 0 Å². The number of benzene rings is 1. The molecule has 24 heavy (non-hydrogen) atoms. The quantitative estimate of drug-likeness (QED) is 0.622. The van der Waals surface area contributed by atoms with Crippen LogP contribution in [0.25, 0.3) is 0 Å². The summed E-state index contributed by atoms with van der Waals surface area (Å²) in [6.45, 7) is 0. The predicted octanol–water partition coefficient (Wildman–Crippen LogP) is 2.24. The van der Waals surface area contributed by atoms with Gasteiger partial charge in [0.1, 0.15) is 0 Å². The van der Waals surface area contributed by atoms with Crippen LogP contribution in [0.5, 0.6) is 0 Å². The lowest BCUT2D eigenvalue weighted by molar-refractivity contribution is -0.121. The molecule has 0 fully saturated rings. The molecule has 0 saturated carbocycles. The Kier molecular flexibility index (Phi) is 6.08. The fourth-order valence-corrected chi connectivity index (χ4v) is 2.67. The summed E-state index contributed by atoms with van der Waals surface area (Å²) in [5, 5.41) is 1.81. The number of Topliss-reactive ketones (excluding diaryl/α,β-unsaturated/α-hetero) is 1.